The van der Waals surface area contributed by atoms with E-state index in [1.165, 1.54) is 12.1 Å². The standard InChI is InChI=1S/C13H7BrF2N2O3/c14-9-5-11(16)12(6-10(9)15)17-13(19)7-1-3-8(4-2-7)18(20)21/h1-6H,(H,17,19). The average molecular weight is 357 g/mol. The van der Waals surface area contributed by atoms with Crippen molar-refractivity contribution in [3.63, 3.8) is 0 Å². The summed E-state index contributed by atoms with van der Waals surface area (Å²) in [6.07, 6.45) is 0. The molecule has 108 valence electrons. The molecule has 0 saturated heterocycles. The van der Waals surface area contributed by atoms with Gasteiger partial charge in [-0.1, -0.05) is 0 Å². The molecule has 5 nitrogen and oxygen atoms in total. The zero-order valence-electron chi connectivity index (χ0n) is 10.3. The third-order valence-electron chi connectivity index (χ3n) is 2.60. The number of nitro groups is 1. The van der Waals surface area contributed by atoms with Crippen molar-refractivity contribution < 1.29 is 18.5 Å². The first-order chi connectivity index (χ1) is 9.88. The van der Waals surface area contributed by atoms with Crippen molar-refractivity contribution in [2.75, 3.05) is 5.32 Å². The lowest BCUT2D eigenvalue weighted by Gasteiger charge is -2.07. The Labute approximate surface area is 125 Å². The fraction of sp³-hybridized carbons (Fsp3) is 0. The van der Waals surface area contributed by atoms with E-state index in [0.717, 1.165) is 24.3 Å². The Bertz CT molecular complexity index is 720. The lowest BCUT2D eigenvalue weighted by Crippen LogP contribution is -2.13. The highest BCUT2D eigenvalue weighted by Crippen LogP contribution is 2.24. The third-order valence-corrected chi connectivity index (χ3v) is 3.21. The molecular formula is C13H7BrF2N2O3. The number of non-ortho nitro benzene ring substituents is 1. The highest BCUT2D eigenvalue weighted by Gasteiger charge is 2.13. The average Bonchev–Trinajstić information content (AvgIpc) is 2.44. The number of amides is 1. The zero-order valence-corrected chi connectivity index (χ0v) is 11.9. The second-order valence-corrected chi connectivity index (χ2v) is 4.86. The van der Waals surface area contributed by atoms with Gasteiger partial charge in [0.2, 0.25) is 0 Å². The summed E-state index contributed by atoms with van der Waals surface area (Å²) in [5.74, 6) is -2.24. The number of hydrogen-bond donors (Lipinski definition) is 1. The second kappa shape index (κ2) is 5.96. The summed E-state index contributed by atoms with van der Waals surface area (Å²) in [6, 6.07) is 6.46. The highest BCUT2D eigenvalue weighted by molar-refractivity contribution is 9.10. The number of hydrogen-bond acceptors (Lipinski definition) is 3. The summed E-state index contributed by atoms with van der Waals surface area (Å²) in [6.45, 7) is 0. The van der Waals surface area contributed by atoms with E-state index in [1.807, 2.05) is 0 Å². The molecule has 0 radical (unpaired) electrons. The first-order valence-corrected chi connectivity index (χ1v) is 6.38. The van der Waals surface area contributed by atoms with Crippen LogP contribution in [-0.4, -0.2) is 10.8 Å². The van der Waals surface area contributed by atoms with Crippen LogP contribution in [0.25, 0.3) is 0 Å². The largest absolute Gasteiger partial charge is 0.319 e. The number of carbonyl (C=O) groups is 1. The number of rotatable bonds is 3. The Morgan fingerprint density at radius 3 is 2.33 bits per heavy atom. The molecule has 0 fully saturated rings. The number of benzene rings is 2. The van der Waals surface area contributed by atoms with Crippen LogP contribution in [0.2, 0.25) is 0 Å². The summed E-state index contributed by atoms with van der Waals surface area (Å²) in [4.78, 5) is 21.8. The van der Waals surface area contributed by atoms with Crippen molar-refractivity contribution in [1.29, 1.82) is 0 Å². The van der Waals surface area contributed by atoms with Crippen LogP contribution in [0.15, 0.2) is 40.9 Å². The summed E-state index contributed by atoms with van der Waals surface area (Å²) in [5.41, 5.74) is -0.408. The van der Waals surface area contributed by atoms with Crippen molar-refractivity contribution in [1.82, 2.24) is 0 Å². The lowest BCUT2D eigenvalue weighted by atomic mass is 10.2. The molecule has 1 amide bonds. The molecule has 0 aliphatic carbocycles. The van der Waals surface area contributed by atoms with Gasteiger partial charge in [0, 0.05) is 23.8 Å². The number of carbonyl (C=O) groups excluding carboxylic acids is 1. The molecule has 0 aromatic heterocycles. The van der Waals surface area contributed by atoms with E-state index in [2.05, 4.69) is 21.2 Å². The van der Waals surface area contributed by atoms with E-state index in [1.54, 1.807) is 0 Å². The van der Waals surface area contributed by atoms with Crippen LogP contribution >= 0.6 is 15.9 Å². The summed E-state index contributed by atoms with van der Waals surface area (Å²) in [7, 11) is 0. The number of nitrogens with one attached hydrogen (secondary N) is 1. The van der Waals surface area contributed by atoms with Crippen LogP contribution in [0, 0.1) is 21.7 Å². The molecule has 0 bridgehead atoms. The van der Waals surface area contributed by atoms with E-state index in [4.69, 9.17) is 0 Å². The highest BCUT2D eigenvalue weighted by atomic mass is 79.9. The molecule has 1 N–H and O–H groups in total. The normalized spacial score (nSPS) is 10.2. The number of nitrogens with zero attached hydrogens (tertiary/aromatic N) is 1. The molecule has 0 unspecified atom stereocenters. The maximum absolute atomic E-state index is 13.6. The van der Waals surface area contributed by atoms with Gasteiger partial charge in [0.1, 0.15) is 11.6 Å². The van der Waals surface area contributed by atoms with Crippen LogP contribution in [-0.2, 0) is 0 Å². The molecule has 2 aromatic rings. The smallest absolute Gasteiger partial charge is 0.269 e. The predicted octanol–water partition coefficient (Wildman–Crippen LogP) is 3.89. The first-order valence-electron chi connectivity index (χ1n) is 5.59. The van der Waals surface area contributed by atoms with Gasteiger partial charge in [-0.2, -0.15) is 0 Å². The Kier molecular flexibility index (Phi) is 4.27. The molecule has 2 aromatic carbocycles. The summed E-state index contributed by atoms with van der Waals surface area (Å²) < 4.78 is 26.8. The first kappa shape index (κ1) is 15.0. The number of halogens is 3. The zero-order chi connectivity index (χ0) is 15.6. The molecule has 0 heterocycles. The van der Waals surface area contributed by atoms with E-state index in [0.29, 0.717) is 0 Å². The van der Waals surface area contributed by atoms with Crippen molar-refractivity contribution in [2.24, 2.45) is 0 Å². The van der Waals surface area contributed by atoms with E-state index in [-0.39, 0.29) is 21.4 Å². The summed E-state index contributed by atoms with van der Waals surface area (Å²) >= 11 is 2.82. The maximum atomic E-state index is 13.6. The molecule has 0 aliphatic heterocycles. The van der Waals surface area contributed by atoms with Crippen LogP contribution in [0.1, 0.15) is 10.4 Å². The minimum Gasteiger partial charge on any atom is -0.319 e. The van der Waals surface area contributed by atoms with Gasteiger partial charge in [-0.25, -0.2) is 8.78 Å². The molecule has 0 saturated carbocycles. The molecule has 8 heteroatoms. The Balaban J connectivity index is 2.22. The Morgan fingerprint density at radius 2 is 1.76 bits per heavy atom. The number of anilines is 1. The summed E-state index contributed by atoms with van der Waals surface area (Å²) in [5, 5.41) is 12.7. The van der Waals surface area contributed by atoms with Crippen LogP contribution in [0.3, 0.4) is 0 Å². The van der Waals surface area contributed by atoms with Crippen LogP contribution in [0.5, 0.6) is 0 Å². The van der Waals surface area contributed by atoms with Gasteiger partial charge in [0.25, 0.3) is 11.6 Å². The maximum Gasteiger partial charge on any atom is 0.269 e. The van der Waals surface area contributed by atoms with Gasteiger partial charge >= 0.3 is 0 Å². The lowest BCUT2D eigenvalue weighted by molar-refractivity contribution is -0.384. The minimum atomic E-state index is -0.807. The fourth-order valence-corrected chi connectivity index (χ4v) is 1.86. The molecule has 21 heavy (non-hydrogen) atoms. The minimum absolute atomic E-state index is 0.0617. The van der Waals surface area contributed by atoms with Gasteiger partial charge in [0.05, 0.1) is 15.1 Å². The van der Waals surface area contributed by atoms with Gasteiger partial charge in [0.15, 0.2) is 0 Å². The molecule has 0 atom stereocenters. The Morgan fingerprint density at radius 1 is 1.14 bits per heavy atom. The quantitative estimate of drug-likeness (QED) is 0.515. The van der Waals surface area contributed by atoms with Crippen LogP contribution < -0.4 is 5.32 Å². The molecule has 0 aliphatic rings. The fourth-order valence-electron chi connectivity index (χ4n) is 1.55. The van der Waals surface area contributed by atoms with Crippen molar-refractivity contribution in [2.45, 2.75) is 0 Å². The van der Waals surface area contributed by atoms with Gasteiger partial charge < -0.3 is 5.32 Å². The topological polar surface area (TPSA) is 72.2 Å². The number of nitro benzene ring substituents is 1. The van der Waals surface area contributed by atoms with Gasteiger partial charge in [-0.3, -0.25) is 14.9 Å². The van der Waals surface area contributed by atoms with Gasteiger partial charge in [-0.15, -0.1) is 0 Å². The van der Waals surface area contributed by atoms with E-state index in [9.17, 15) is 23.7 Å². The third kappa shape index (κ3) is 3.40. The van der Waals surface area contributed by atoms with E-state index < -0.39 is 22.5 Å². The predicted molar refractivity (Wildman–Crippen MR) is 75.1 cm³/mol. The van der Waals surface area contributed by atoms with Crippen molar-refractivity contribution in [3.05, 3.63) is 68.2 Å². The van der Waals surface area contributed by atoms with Gasteiger partial charge in [-0.05, 0) is 34.1 Å². The van der Waals surface area contributed by atoms with E-state index >= 15 is 0 Å². The van der Waals surface area contributed by atoms with Crippen LogP contribution in [0.4, 0.5) is 20.2 Å². The molecule has 2 rings (SSSR count). The SMILES string of the molecule is O=C(Nc1cc(F)c(Br)cc1F)c1ccc([N+](=O)[O-])cc1. The second-order valence-electron chi connectivity index (χ2n) is 4.00. The molecular weight excluding hydrogens is 350 g/mol. The Hall–Kier alpha value is -2.35. The monoisotopic (exact) mass is 356 g/mol. The van der Waals surface area contributed by atoms with Crippen molar-refractivity contribution in [3.8, 4) is 0 Å². The molecule has 0 spiro atoms. The van der Waals surface area contributed by atoms with Crippen molar-refractivity contribution >= 4 is 33.2 Å².